The molecule has 0 amide bonds. The predicted molar refractivity (Wildman–Crippen MR) is 118 cm³/mol. The molecule has 1 aliphatic carbocycles. The summed E-state index contributed by atoms with van der Waals surface area (Å²) in [5.41, 5.74) is 0.227. The van der Waals surface area contributed by atoms with Crippen molar-refractivity contribution in [3.63, 3.8) is 0 Å². The Balaban J connectivity index is 1.61. The molecule has 6 nitrogen and oxygen atoms in total. The van der Waals surface area contributed by atoms with Crippen LogP contribution >= 0.6 is 15.9 Å². The van der Waals surface area contributed by atoms with E-state index in [-0.39, 0.29) is 12.0 Å². The lowest BCUT2D eigenvalue weighted by molar-refractivity contribution is -0.155. The van der Waals surface area contributed by atoms with E-state index < -0.39 is 15.8 Å². The Morgan fingerprint density at radius 2 is 2.00 bits per heavy atom. The topological polar surface area (TPSA) is 66.9 Å². The zero-order valence-electron chi connectivity index (χ0n) is 17.4. The summed E-state index contributed by atoms with van der Waals surface area (Å²) in [6.45, 7) is 6.60. The van der Waals surface area contributed by atoms with Crippen LogP contribution in [0.1, 0.15) is 59.3 Å². The van der Waals surface area contributed by atoms with Crippen LogP contribution in [0.3, 0.4) is 0 Å². The molecule has 2 atom stereocenters. The van der Waals surface area contributed by atoms with E-state index in [0.717, 1.165) is 36.6 Å². The molecule has 1 saturated carbocycles. The highest BCUT2D eigenvalue weighted by Gasteiger charge is 2.42. The number of hydrogen-bond donors (Lipinski definition) is 0. The van der Waals surface area contributed by atoms with Crippen molar-refractivity contribution >= 4 is 37.8 Å². The van der Waals surface area contributed by atoms with E-state index in [0.29, 0.717) is 31.1 Å². The van der Waals surface area contributed by atoms with Gasteiger partial charge in [0.25, 0.3) is 0 Å². The molecule has 162 valence electrons. The molecule has 1 aromatic rings. The quantitative estimate of drug-likeness (QED) is 0.574. The average molecular weight is 487 g/mol. The number of benzene rings is 1. The summed E-state index contributed by atoms with van der Waals surface area (Å²) < 4.78 is 35.8. The van der Waals surface area contributed by atoms with Gasteiger partial charge in [0.05, 0.1) is 5.69 Å². The zero-order chi connectivity index (χ0) is 21.2. The first-order valence-electron chi connectivity index (χ1n) is 10.3. The predicted octanol–water partition coefficient (Wildman–Crippen LogP) is 4.50. The van der Waals surface area contributed by atoms with Crippen LogP contribution in [0.4, 0.5) is 5.69 Å². The molecule has 2 aliphatic rings. The van der Waals surface area contributed by atoms with Crippen LogP contribution in [0.2, 0.25) is 0 Å². The molecule has 0 bridgehead atoms. The van der Waals surface area contributed by atoms with Crippen molar-refractivity contribution in [2.75, 3.05) is 17.4 Å². The Hall–Kier alpha value is -1.12. The first-order valence-corrected chi connectivity index (χ1v) is 12.5. The summed E-state index contributed by atoms with van der Waals surface area (Å²) in [5.74, 6) is 0.186. The number of carbonyl (C=O) groups is 1. The van der Waals surface area contributed by atoms with E-state index >= 15 is 0 Å². The normalized spacial score (nSPS) is 25.2. The van der Waals surface area contributed by atoms with Gasteiger partial charge in [-0.25, -0.2) is 0 Å². The fourth-order valence-electron chi connectivity index (χ4n) is 4.31. The Kier molecular flexibility index (Phi) is 6.95. The number of carbonyl (C=O) groups excluding carboxylic acids is 1. The Morgan fingerprint density at radius 3 is 2.69 bits per heavy atom. The molecule has 0 radical (unpaired) electrons. The fourth-order valence-corrected chi connectivity index (χ4v) is 6.53. The molecular weight excluding hydrogens is 456 g/mol. The monoisotopic (exact) mass is 486 g/mol. The number of nitrogens with zero attached hydrogens (tertiary/aromatic N) is 2. The molecule has 1 aromatic carbocycles. The minimum Gasteiger partial charge on any atom is -0.460 e. The van der Waals surface area contributed by atoms with Gasteiger partial charge in [0.2, 0.25) is 0 Å². The van der Waals surface area contributed by atoms with Crippen molar-refractivity contribution in [2.24, 2.45) is 5.92 Å². The second kappa shape index (κ2) is 8.94. The molecule has 0 aromatic heterocycles. The molecule has 0 N–H and O–H groups in total. The lowest BCUT2D eigenvalue weighted by Gasteiger charge is -2.34. The average Bonchev–Trinajstić information content (AvgIpc) is 2.93. The molecule has 1 saturated heterocycles. The highest BCUT2D eigenvalue weighted by molar-refractivity contribution is 9.10. The van der Waals surface area contributed by atoms with Gasteiger partial charge in [-0.3, -0.25) is 9.10 Å². The van der Waals surface area contributed by atoms with E-state index in [1.54, 1.807) is 4.31 Å². The highest BCUT2D eigenvalue weighted by atomic mass is 79.9. The second-order valence-corrected chi connectivity index (χ2v) is 11.7. The van der Waals surface area contributed by atoms with Gasteiger partial charge in [0, 0.05) is 30.0 Å². The number of rotatable bonds is 5. The van der Waals surface area contributed by atoms with E-state index in [2.05, 4.69) is 15.9 Å². The maximum Gasteiger partial charge on any atom is 0.306 e. The third-order valence-corrected chi connectivity index (χ3v) is 8.05. The number of esters is 1. The van der Waals surface area contributed by atoms with Gasteiger partial charge >= 0.3 is 16.2 Å². The molecular formula is C21H31BrN2O4S. The third-order valence-electron chi connectivity index (χ3n) is 5.53. The zero-order valence-corrected chi connectivity index (χ0v) is 19.8. The largest absolute Gasteiger partial charge is 0.460 e. The van der Waals surface area contributed by atoms with Crippen LogP contribution in [-0.2, 0) is 19.7 Å². The lowest BCUT2D eigenvalue weighted by Crippen LogP contribution is -2.42. The van der Waals surface area contributed by atoms with Crippen LogP contribution in [-0.4, -0.2) is 43.4 Å². The van der Waals surface area contributed by atoms with Crippen molar-refractivity contribution in [3.8, 4) is 0 Å². The number of anilines is 1. The van der Waals surface area contributed by atoms with Crippen LogP contribution in [0.5, 0.6) is 0 Å². The van der Waals surface area contributed by atoms with Crippen LogP contribution < -0.4 is 4.31 Å². The number of halogens is 1. The smallest absolute Gasteiger partial charge is 0.306 e. The van der Waals surface area contributed by atoms with E-state index in [1.165, 1.54) is 4.31 Å². The van der Waals surface area contributed by atoms with Crippen LogP contribution in [0.15, 0.2) is 28.7 Å². The second-order valence-electron chi connectivity index (χ2n) is 8.98. The molecule has 2 fully saturated rings. The third kappa shape index (κ3) is 5.73. The summed E-state index contributed by atoms with van der Waals surface area (Å²) in [6, 6.07) is 7.42. The number of hydrogen-bond acceptors (Lipinski definition) is 4. The van der Waals surface area contributed by atoms with Crippen molar-refractivity contribution in [1.29, 1.82) is 0 Å². The maximum atomic E-state index is 13.2. The minimum atomic E-state index is -3.52. The Morgan fingerprint density at radius 1 is 1.24 bits per heavy atom. The molecule has 8 heteroatoms. The van der Waals surface area contributed by atoms with Gasteiger partial charge in [0.1, 0.15) is 5.60 Å². The standard InChI is InChI=1S/C21H31BrN2O4S/c1-21(2,3)28-20(25)11-10-16-6-4-8-18(14-16)23-12-13-24(29(23,26)27)19-9-5-7-17(22)15-19/h5,7,9,15-16,18H,4,6,8,10-14H2,1-3H3/t16?,18-/m0/s1. The number of ether oxygens (including phenoxy) is 1. The Labute approximate surface area is 182 Å². The molecule has 3 rings (SSSR count). The Bertz CT molecular complexity index is 837. The van der Waals surface area contributed by atoms with E-state index in [9.17, 15) is 13.2 Å². The first kappa shape index (κ1) is 22.6. The van der Waals surface area contributed by atoms with E-state index in [4.69, 9.17) is 4.74 Å². The molecule has 1 aliphatic heterocycles. The summed E-state index contributed by atoms with van der Waals surface area (Å²) in [7, 11) is -3.52. The van der Waals surface area contributed by atoms with Gasteiger partial charge < -0.3 is 4.74 Å². The molecule has 1 unspecified atom stereocenters. The minimum absolute atomic E-state index is 0.00883. The lowest BCUT2D eigenvalue weighted by atomic mass is 9.83. The van der Waals surface area contributed by atoms with Gasteiger partial charge in [-0.2, -0.15) is 12.7 Å². The van der Waals surface area contributed by atoms with Crippen molar-refractivity contribution in [1.82, 2.24) is 4.31 Å². The SMILES string of the molecule is CC(C)(C)OC(=O)CCC1CCC[C@H](N2CCN(c3cccc(Br)c3)S2(=O)=O)C1. The molecule has 1 heterocycles. The van der Waals surface area contributed by atoms with Crippen molar-refractivity contribution in [3.05, 3.63) is 28.7 Å². The summed E-state index contributed by atoms with van der Waals surface area (Å²) in [4.78, 5) is 12.0. The fraction of sp³-hybridized carbons (Fsp3) is 0.667. The van der Waals surface area contributed by atoms with Gasteiger partial charge in [-0.15, -0.1) is 0 Å². The highest BCUT2D eigenvalue weighted by Crippen LogP contribution is 2.36. The van der Waals surface area contributed by atoms with E-state index in [1.807, 2.05) is 45.0 Å². The van der Waals surface area contributed by atoms with Crippen LogP contribution in [0, 0.1) is 5.92 Å². The first-order chi connectivity index (χ1) is 13.6. The molecule has 0 spiro atoms. The summed E-state index contributed by atoms with van der Waals surface area (Å²) >= 11 is 3.42. The van der Waals surface area contributed by atoms with Crippen molar-refractivity contribution in [2.45, 2.75) is 70.9 Å². The maximum absolute atomic E-state index is 13.2. The van der Waals surface area contributed by atoms with Crippen LogP contribution in [0.25, 0.3) is 0 Å². The van der Waals surface area contributed by atoms with Crippen molar-refractivity contribution < 1.29 is 17.9 Å². The van der Waals surface area contributed by atoms with Gasteiger partial charge in [-0.05, 0) is 64.2 Å². The van der Waals surface area contributed by atoms with Gasteiger partial charge in [0.15, 0.2) is 0 Å². The molecule has 29 heavy (non-hydrogen) atoms. The summed E-state index contributed by atoms with van der Waals surface area (Å²) in [5, 5.41) is 0. The van der Waals surface area contributed by atoms with Gasteiger partial charge in [-0.1, -0.05) is 34.8 Å². The summed E-state index contributed by atoms with van der Waals surface area (Å²) in [6.07, 6.45) is 4.89.